The summed E-state index contributed by atoms with van der Waals surface area (Å²) >= 11 is 0. The number of aromatic nitrogens is 2. The molecule has 4 heteroatoms. The van der Waals surface area contributed by atoms with E-state index < -0.39 is 5.97 Å². The first kappa shape index (κ1) is 8.77. The average Bonchev–Trinajstić information content (AvgIpc) is 2.34. The summed E-state index contributed by atoms with van der Waals surface area (Å²) in [4.78, 5) is 10.3. The number of rotatable bonds is 3. The molecule has 0 saturated heterocycles. The largest absolute Gasteiger partial charge is 0.480 e. The fourth-order valence-electron chi connectivity index (χ4n) is 0.912. The highest BCUT2D eigenvalue weighted by Crippen LogP contribution is 2.09. The summed E-state index contributed by atoms with van der Waals surface area (Å²) in [6.07, 6.45) is 1.68. The fourth-order valence-corrected chi connectivity index (χ4v) is 0.912. The van der Waals surface area contributed by atoms with E-state index in [4.69, 9.17) is 5.11 Å². The van der Waals surface area contributed by atoms with Crippen LogP contribution in [0, 0.1) is 0 Å². The lowest BCUT2D eigenvalue weighted by Gasteiger charge is -1.98. The van der Waals surface area contributed by atoms with Crippen molar-refractivity contribution in [2.24, 2.45) is 0 Å². The molecule has 1 N–H and O–H groups in total. The van der Waals surface area contributed by atoms with Gasteiger partial charge in [-0.1, -0.05) is 13.8 Å². The van der Waals surface area contributed by atoms with Gasteiger partial charge in [-0.3, -0.25) is 9.48 Å². The summed E-state index contributed by atoms with van der Waals surface area (Å²) in [5.41, 5.74) is 0.927. The van der Waals surface area contributed by atoms with E-state index in [1.807, 2.05) is 19.9 Å². The molecule has 0 spiro atoms. The van der Waals surface area contributed by atoms with Crippen LogP contribution in [0.25, 0.3) is 0 Å². The third-order valence-electron chi connectivity index (χ3n) is 1.55. The van der Waals surface area contributed by atoms with Crippen molar-refractivity contribution in [1.29, 1.82) is 0 Å². The van der Waals surface area contributed by atoms with Crippen molar-refractivity contribution in [2.45, 2.75) is 26.3 Å². The van der Waals surface area contributed by atoms with E-state index in [0.717, 1.165) is 5.69 Å². The number of carboxylic acid groups (broad SMARTS) is 1. The minimum Gasteiger partial charge on any atom is -0.480 e. The second-order valence-corrected chi connectivity index (χ2v) is 2.99. The van der Waals surface area contributed by atoms with Crippen molar-refractivity contribution in [3.8, 4) is 0 Å². The number of hydrogen-bond acceptors (Lipinski definition) is 2. The van der Waals surface area contributed by atoms with Crippen LogP contribution in [0.15, 0.2) is 12.3 Å². The third kappa shape index (κ3) is 2.08. The molecule has 0 atom stereocenters. The minimum absolute atomic E-state index is 0.0628. The average molecular weight is 168 g/mol. The molecule has 0 amide bonds. The molecule has 0 aliphatic heterocycles. The van der Waals surface area contributed by atoms with Crippen LogP contribution >= 0.6 is 0 Å². The Labute approximate surface area is 70.8 Å². The molecule has 0 saturated carbocycles. The number of nitrogens with zero attached hydrogens (tertiary/aromatic N) is 2. The first-order valence-electron chi connectivity index (χ1n) is 3.84. The maximum atomic E-state index is 10.3. The van der Waals surface area contributed by atoms with Gasteiger partial charge >= 0.3 is 5.97 Å². The summed E-state index contributed by atoms with van der Waals surface area (Å²) in [5, 5.41) is 12.5. The number of aliphatic carboxylic acids is 1. The van der Waals surface area contributed by atoms with Gasteiger partial charge in [-0.05, 0) is 12.0 Å². The first-order chi connectivity index (χ1) is 5.59. The van der Waals surface area contributed by atoms with Crippen molar-refractivity contribution in [3.05, 3.63) is 18.0 Å². The summed E-state index contributed by atoms with van der Waals surface area (Å²) in [6.45, 7) is 3.98. The lowest BCUT2D eigenvalue weighted by atomic mass is 10.1. The van der Waals surface area contributed by atoms with Crippen LogP contribution in [0.3, 0.4) is 0 Å². The van der Waals surface area contributed by atoms with Crippen LogP contribution in [0.2, 0.25) is 0 Å². The van der Waals surface area contributed by atoms with Gasteiger partial charge < -0.3 is 5.11 Å². The van der Waals surface area contributed by atoms with E-state index in [1.54, 1.807) is 6.20 Å². The van der Waals surface area contributed by atoms with E-state index in [2.05, 4.69) is 5.10 Å². The van der Waals surface area contributed by atoms with Crippen molar-refractivity contribution in [3.63, 3.8) is 0 Å². The maximum Gasteiger partial charge on any atom is 0.325 e. The summed E-state index contributed by atoms with van der Waals surface area (Å²) in [5.74, 6) is -0.520. The lowest BCUT2D eigenvalue weighted by Crippen LogP contribution is -2.09. The van der Waals surface area contributed by atoms with E-state index in [9.17, 15) is 4.79 Å². The molecule has 0 unspecified atom stereocenters. The van der Waals surface area contributed by atoms with Crippen LogP contribution < -0.4 is 0 Å². The molecule has 1 rings (SSSR count). The van der Waals surface area contributed by atoms with Gasteiger partial charge in [0.15, 0.2) is 0 Å². The Kier molecular flexibility index (Phi) is 2.47. The van der Waals surface area contributed by atoms with Crippen molar-refractivity contribution < 1.29 is 9.90 Å². The Morgan fingerprint density at radius 1 is 1.75 bits per heavy atom. The van der Waals surface area contributed by atoms with Gasteiger partial charge in [-0.25, -0.2) is 0 Å². The quantitative estimate of drug-likeness (QED) is 0.735. The molecule has 1 aromatic rings. The smallest absolute Gasteiger partial charge is 0.325 e. The Bertz CT molecular complexity index is 278. The van der Waals surface area contributed by atoms with E-state index >= 15 is 0 Å². The summed E-state index contributed by atoms with van der Waals surface area (Å²) < 4.78 is 1.43. The second kappa shape index (κ2) is 3.38. The normalized spacial score (nSPS) is 10.6. The van der Waals surface area contributed by atoms with E-state index in [0.29, 0.717) is 5.92 Å². The van der Waals surface area contributed by atoms with Crippen molar-refractivity contribution in [2.75, 3.05) is 0 Å². The summed E-state index contributed by atoms with van der Waals surface area (Å²) in [6, 6.07) is 1.84. The molecule has 0 aliphatic rings. The SMILES string of the molecule is CC(C)c1ccn(CC(=O)O)n1. The lowest BCUT2D eigenvalue weighted by molar-refractivity contribution is -0.137. The molecule has 0 bridgehead atoms. The minimum atomic E-state index is -0.867. The van der Waals surface area contributed by atoms with E-state index in [-0.39, 0.29) is 6.54 Å². The third-order valence-corrected chi connectivity index (χ3v) is 1.55. The van der Waals surface area contributed by atoms with Crippen LogP contribution in [0.1, 0.15) is 25.5 Å². The van der Waals surface area contributed by atoms with Gasteiger partial charge in [0.2, 0.25) is 0 Å². The number of carbonyl (C=O) groups is 1. The predicted octanol–water partition coefficient (Wildman–Crippen LogP) is 1.09. The van der Waals surface area contributed by atoms with Crippen molar-refractivity contribution in [1.82, 2.24) is 9.78 Å². The highest BCUT2D eigenvalue weighted by Gasteiger charge is 2.04. The maximum absolute atomic E-state index is 10.3. The summed E-state index contributed by atoms with van der Waals surface area (Å²) in [7, 11) is 0. The predicted molar refractivity (Wildman–Crippen MR) is 44.0 cm³/mol. The molecule has 0 radical (unpaired) electrons. The van der Waals surface area contributed by atoms with Crippen molar-refractivity contribution >= 4 is 5.97 Å². The standard InChI is InChI=1S/C8H12N2O2/c1-6(2)7-3-4-10(9-7)5-8(11)12/h3-4,6H,5H2,1-2H3,(H,11,12). The monoisotopic (exact) mass is 168 g/mol. The zero-order valence-electron chi connectivity index (χ0n) is 7.19. The fraction of sp³-hybridized carbons (Fsp3) is 0.500. The van der Waals surface area contributed by atoms with Gasteiger partial charge in [0.05, 0.1) is 5.69 Å². The molecule has 0 fully saturated rings. The molecule has 0 aromatic carbocycles. The molecule has 66 valence electrons. The van der Waals surface area contributed by atoms with Crippen LogP contribution in [-0.2, 0) is 11.3 Å². The van der Waals surface area contributed by atoms with E-state index in [1.165, 1.54) is 4.68 Å². The molecular weight excluding hydrogens is 156 g/mol. The molecule has 12 heavy (non-hydrogen) atoms. The molecule has 1 aromatic heterocycles. The Morgan fingerprint density at radius 2 is 2.42 bits per heavy atom. The second-order valence-electron chi connectivity index (χ2n) is 2.99. The number of hydrogen-bond donors (Lipinski definition) is 1. The molecule has 1 heterocycles. The van der Waals surface area contributed by atoms with Gasteiger partial charge in [-0.2, -0.15) is 5.10 Å². The molecule has 0 aliphatic carbocycles. The Hall–Kier alpha value is -1.32. The van der Waals surface area contributed by atoms with Gasteiger partial charge in [0.1, 0.15) is 6.54 Å². The van der Waals surface area contributed by atoms with Crippen LogP contribution in [0.4, 0.5) is 0 Å². The first-order valence-corrected chi connectivity index (χ1v) is 3.84. The topological polar surface area (TPSA) is 55.1 Å². The number of carboxylic acids is 1. The van der Waals surface area contributed by atoms with Gasteiger partial charge in [-0.15, -0.1) is 0 Å². The highest BCUT2D eigenvalue weighted by atomic mass is 16.4. The van der Waals surface area contributed by atoms with Crippen LogP contribution in [-0.4, -0.2) is 20.9 Å². The highest BCUT2D eigenvalue weighted by molar-refractivity contribution is 5.66. The Morgan fingerprint density at radius 3 is 2.83 bits per heavy atom. The zero-order chi connectivity index (χ0) is 9.14. The van der Waals surface area contributed by atoms with Gasteiger partial charge in [0.25, 0.3) is 0 Å². The molecular formula is C8H12N2O2. The van der Waals surface area contributed by atoms with Crippen LogP contribution in [0.5, 0.6) is 0 Å². The zero-order valence-corrected chi connectivity index (χ0v) is 7.19. The van der Waals surface area contributed by atoms with Gasteiger partial charge in [0, 0.05) is 6.20 Å². The Balaban J connectivity index is 2.70. The molecule has 4 nitrogen and oxygen atoms in total.